The van der Waals surface area contributed by atoms with Crippen LogP contribution >= 0.6 is 0 Å². The van der Waals surface area contributed by atoms with Crippen LogP contribution in [0.4, 0.5) is 13.2 Å². The van der Waals surface area contributed by atoms with Crippen LogP contribution in [0.3, 0.4) is 0 Å². The van der Waals surface area contributed by atoms with Gasteiger partial charge in [0.05, 0.1) is 0 Å². The van der Waals surface area contributed by atoms with Gasteiger partial charge in [0.1, 0.15) is 11.8 Å². The molecule has 18 heavy (non-hydrogen) atoms. The van der Waals surface area contributed by atoms with Gasteiger partial charge in [-0.05, 0) is 31.2 Å². The maximum Gasteiger partial charge on any atom is 0.573 e. The summed E-state index contributed by atoms with van der Waals surface area (Å²) in [6, 6.07) is 4.32. The molecule has 0 aliphatic heterocycles. The van der Waals surface area contributed by atoms with Gasteiger partial charge in [-0.2, -0.15) is 0 Å². The molecule has 0 fully saturated rings. The van der Waals surface area contributed by atoms with Crippen molar-refractivity contribution in [2.24, 2.45) is 0 Å². The average Bonchev–Trinajstić information content (AvgIpc) is 2.25. The number of alkyl halides is 3. The summed E-state index contributed by atoms with van der Waals surface area (Å²) >= 11 is 0. The summed E-state index contributed by atoms with van der Waals surface area (Å²) in [6.45, 7) is 0. The number of hydrogen-bond donors (Lipinski definition) is 2. The maximum atomic E-state index is 11.9. The van der Waals surface area contributed by atoms with E-state index < -0.39 is 18.4 Å². The first kappa shape index (κ1) is 14.3. The van der Waals surface area contributed by atoms with Crippen molar-refractivity contribution >= 4 is 5.97 Å². The van der Waals surface area contributed by atoms with Crippen LogP contribution in [0.1, 0.15) is 5.56 Å². The summed E-state index contributed by atoms with van der Waals surface area (Å²) in [6.07, 6.45) is -4.55. The van der Waals surface area contributed by atoms with Crippen molar-refractivity contribution in [2.45, 2.75) is 18.8 Å². The van der Waals surface area contributed by atoms with E-state index in [0.29, 0.717) is 5.56 Å². The molecule has 1 atom stereocenters. The van der Waals surface area contributed by atoms with E-state index in [1.807, 2.05) is 0 Å². The monoisotopic (exact) mass is 263 g/mol. The zero-order valence-electron chi connectivity index (χ0n) is 9.49. The van der Waals surface area contributed by atoms with Crippen molar-refractivity contribution in [1.82, 2.24) is 5.32 Å². The molecule has 0 aliphatic carbocycles. The van der Waals surface area contributed by atoms with Gasteiger partial charge < -0.3 is 15.2 Å². The van der Waals surface area contributed by atoms with Crippen LogP contribution in [0.15, 0.2) is 24.3 Å². The van der Waals surface area contributed by atoms with Gasteiger partial charge in [-0.1, -0.05) is 12.1 Å². The third kappa shape index (κ3) is 4.62. The van der Waals surface area contributed by atoms with Crippen molar-refractivity contribution in [3.05, 3.63) is 29.8 Å². The first-order chi connectivity index (χ1) is 8.31. The molecule has 1 rings (SSSR count). The molecule has 7 heteroatoms. The van der Waals surface area contributed by atoms with E-state index in [1.165, 1.54) is 19.2 Å². The second-order valence-corrected chi connectivity index (χ2v) is 3.58. The zero-order chi connectivity index (χ0) is 13.8. The average molecular weight is 263 g/mol. The lowest BCUT2D eigenvalue weighted by atomic mass is 10.1. The Labute approximate surface area is 101 Å². The molecule has 0 aliphatic rings. The van der Waals surface area contributed by atoms with E-state index in [9.17, 15) is 18.0 Å². The molecule has 0 amide bonds. The summed E-state index contributed by atoms with van der Waals surface area (Å²) < 4.78 is 39.4. The lowest BCUT2D eigenvalue weighted by molar-refractivity contribution is -0.274. The van der Waals surface area contributed by atoms with Crippen molar-refractivity contribution in [3.8, 4) is 5.75 Å². The number of carboxylic acids is 1. The molecule has 0 spiro atoms. The normalized spacial score (nSPS) is 13.1. The summed E-state index contributed by atoms with van der Waals surface area (Å²) in [7, 11) is 1.50. The SMILES string of the molecule is CN[C@@H](Cc1ccc(OC(F)(F)F)cc1)C(=O)O. The van der Waals surface area contributed by atoms with Crippen LogP contribution in [-0.4, -0.2) is 30.5 Å². The van der Waals surface area contributed by atoms with E-state index in [4.69, 9.17) is 5.11 Å². The minimum Gasteiger partial charge on any atom is -0.480 e. The van der Waals surface area contributed by atoms with E-state index >= 15 is 0 Å². The van der Waals surface area contributed by atoms with Crippen LogP contribution in [-0.2, 0) is 11.2 Å². The van der Waals surface area contributed by atoms with Crippen molar-refractivity contribution < 1.29 is 27.8 Å². The Bertz CT molecular complexity index is 403. The molecule has 0 aromatic heterocycles. The van der Waals surface area contributed by atoms with Crippen molar-refractivity contribution in [2.75, 3.05) is 7.05 Å². The Morgan fingerprint density at radius 2 is 1.94 bits per heavy atom. The third-order valence-corrected chi connectivity index (χ3v) is 2.24. The van der Waals surface area contributed by atoms with Crippen LogP contribution < -0.4 is 10.1 Å². The molecule has 100 valence electrons. The number of carbonyl (C=O) groups is 1. The molecular weight excluding hydrogens is 251 g/mol. The highest BCUT2D eigenvalue weighted by molar-refractivity contribution is 5.73. The lowest BCUT2D eigenvalue weighted by Crippen LogP contribution is -2.35. The second kappa shape index (κ2) is 5.72. The quantitative estimate of drug-likeness (QED) is 0.850. The van der Waals surface area contributed by atoms with Crippen molar-refractivity contribution in [1.29, 1.82) is 0 Å². The Kier molecular flexibility index (Phi) is 4.55. The molecule has 1 aromatic rings. The standard InChI is InChI=1S/C11H12F3NO3/c1-15-9(10(16)17)6-7-2-4-8(5-3-7)18-11(12,13)14/h2-5,9,15H,6H2,1H3,(H,16,17)/t9-/m0/s1. The molecule has 0 radical (unpaired) electrons. The van der Waals surface area contributed by atoms with Gasteiger partial charge in [-0.25, -0.2) is 0 Å². The number of likely N-dealkylation sites (N-methyl/N-ethyl adjacent to an activating group) is 1. The predicted molar refractivity (Wildman–Crippen MR) is 57.3 cm³/mol. The topological polar surface area (TPSA) is 58.6 Å². The molecule has 4 nitrogen and oxygen atoms in total. The second-order valence-electron chi connectivity index (χ2n) is 3.58. The molecule has 0 saturated heterocycles. The van der Waals surface area contributed by atoms with Gasteiger partial charge in [0.2, 0.25) is 0 Å². The number of nitrogens with one attached hydrogen (secondary N) is 1. The number of ether oxygens (including phenoxy) is 1. The van der Waals surface area contributed by atoms with Crippen molar-refractivity contribution in [3.63, 3.8) is 0 Å². The highest BCUT2D eigenvalue weighted by atomic mass is 19.4. The van der Waals surface area contributed by atoms with E-state index in [1.54, 1.807) is 0 Å². The number of aliphatic carboxylic acids is 1. The molecule has 0 unspecified atom stereocenters. The fourth-order valence-corrected chi connectivity index (χ4v) is 1.38. The maximum absolute atomic E-state index is 11.9. The molecular formula is C11H12F3NO3. The van der Waals surface area contributed by atoms with E-state index in [2.05, 4.69) is 10.1 Å². The summed E-state index contributed by atoms with van der Waals surface area (Å²) in [5, 5.41) is 11.4. The zero-order valence-corrected chi connectivity index (χ0v) is 9.49. The molecule has 0 saturated carbocycles. The highest BCUT2D eigenvalue weighted by Crippen LogP contribution is 2.22. The Hall–Kier alpha value is -1.76. The Balaban J connectivity index is 2.68. The first-order valence-electron chi connectivity index (χ1n) is 5.06. The minimum absolute atomic E-state index is 0.179. The Morgan fingerprint density at radius 3 is 2.33 bits per heavy atom. The van der Waals surface area contributed by atoms with Crippen LogP contribution in [0.5, 0.6) is 5.75 Å². The third-order valence-electron chi connectivity index (χ3n) is 2.24. The molecule has 0 bridgehead atoms. The van der Waals surface area contributed by atoms with Crippen LogP contribution in [0.25, 0.3) is 0 Å². The van der Waals surface area contributed by atoms with Gasteiger partial charge in [-0.3, -0.25) is 4.79 Å². The smallest absolute Gasteiger partial charge is 0.480 e. The predicted octanol–water partition coefficient (Wildman–Crippen LogP) is 1.80. The van der Waals surface area contributed by atoms with Gasteiger partial charge in [0, 0.05) is 0 Å². The van der Waals surface area contributed by atoms with Crippen LogP contribution in [0.2, 0.25) is 0 Å². The largest absolute Gasteiger partial charge is 0.573 e. The summed E-state index contributed by atoms with van der Waals surface area (Å²) in [4.78, 5) is 10.8. The Morgan fingerprint density at radius 1 is 1.39 bits per heavy atom. The fraction of sp³-hybridized carbons (Fsp3) is 0.364. The first-order valence-corrected chi connectivity index (χ1v) is 5.06. The van der Waals surface area contributed by atoms with Crippen LogP contribution in [0, 0.1) is 0 Å². The number of halogens is 3. The van der Waals surface area contributed by atoms with Gasteiger partial charge in [0.25, 0.3) is 0 Å². The van der Waals surface area contributed by atoms with Gasteiger partial charge in [0.15, 0.2) is 0 Å². The van der Waals surface area contributed by atoms with Gasteiger partial charge in [-0.15, -0.1) is 13.2 Å². The number of hydrogen-bond acceptors (Lipinski definition) is 3. The lowest BCUT2D eigenvalue weighted by Gasteiger charge is -2.12. The van der Waals surface area contributed by atoms with E-state index in [0.717, 1.165) is 12.1 Å². The van der Waals surface area contributed by atoms with E-state index in [-0.39, 0.29) is 12.2 Å². The minimum atomic E-state index is -4.73. The fourth-order valence-electron chi connectivity index (χ4n) is 1.38. The molecule has 2 N–H and O–H groups in total. The number of carboxylic acid groups (broad SMARTS) is 1. The molecule has 1 aromatic carbocycles. The summed E-state index contributed by atoms with van der Waals surface area (Å²) in [5.74, 6) is -1.35. The summed E-state index contributed by atoms with van der Waals surface area (Å²) in [5.41, 5.74) is 0.603. The number of rotatable bonds is 5. The molecule has 0 heterocycles. The number of benzene rings is 1. The highest BCUT2D eigenvalue weighted by Gasteiger charge is 2.31. The van der Waals surface area contributed by atoms with Gasteiger partial charge >= 0.3 is 12.3 Å².